The van der Waals surface area contributed by atoms with Gasteiger partial charge in [0.25, 0.3) is 0 Å². The van der Waals surface area contributed by atoms with E-state index in [1.54, 1.807) is 5.48 Å². The van der Waals surface area contributed by atoms with Crippen LogP contribution in [-0.2, 0) is 14.3 Å². The molecule has 1 aliphatic rings. The summed E-state index contributed by atoms with van der Waals surface area (Å²) in [5, 5.41) is 9.05. The van der Waals surface area contributed by atoms with Crippen LogP contribution in [-0.4, -0.2) is 22.7 Å². The Bertz CT molecular complexity index is 564. The first kappa shape index (κ1) is 17.5. The zero-order chi connectivity index (χ0) is 17.1. The monoisotopic (exact) mass is 319 g/mol. The van der Waals surface area contributed by atoms with Gasteiger partial charge in [0.2, 0.25) is 5.91 Å². The second kappa shape index (κ2) is 6.71. The van der Waals surface area contributed by atoms with Crippen LogP contribution in [0.25, 0.3) is 0 Å². The molecule has 0 saturated heterocycles. The Morgan fingerprint density at radius 3 is 2.52 bits per heavy atom. The van der Waals surface area contributed by atoms with Gasteiger partial charge in [-0.05, 0) is 51.5 Å². The van der Waals surface area contributed by atoms with Gasteiger partial charge < -0.3 is 4.74 Å². The number of hydrogen-bond acceptors (Lipinski definition) is 4. The highest BCUT2D eigenvalue weighted by Gasteiger charge is 2.59. The zero-order valence-electron chi connectivity index (χ0n) is 14.0. The third kappa shape index (κ3) is 4.32. The van der Waals surface area contributed by atoms with Gasteiger partial charge in [0.05, 0.1) is 5.41 Å². The number of amides is 1. The van der Waals surface area contributed by atoms with Gasteiger partial charge >= 0.3 is 5.97 Å². The van der Waals surface area contributed by atoms with Crippen LogP contribution in [0.1, 0.15) is 57.9 Å². The van der Waals surface area contributed by atoms with E-state index in [9.17, 15) is 9.59 Å². The van der Waals surface area contributed by atoms with Gasteiger partial charge in [-0.15, -0.1) is 0 Å². The highest BCUT2D eigenvalue weighted by molar-refractivity contribution is 5.86. The third-order valence-corrected chi connectivity index (χ3v) is 4.25. The van der Waals surface area contributed by atoms with Crippen molar-refractivity contribution in [1.82, 2.24) is 5.48 Å². The van der Waals surface area contributed by atoms with Gasteiger partial charge in [-0.2, -0.15) is 0 Å². The van der Waals surface area contributed by atoms with E-state index < -0.39 is 11.0 Å². The molecule has 0 aromatic heterocycles. The molecule has 2 rings (SSSR count). The number of carbonyl (C=O) groups excluding carboxylic acids is 2. The summed E-state index contributed by atoms with van der Waals surface area (Å²) < 4.78 is 5.28. The maximum absolute atomic E-state index is 12.1. The van der Waals surface area contributed by atoms with Crippen LogP contribution >= 0.6 is 0 Å². The SMILES string of the molecule is CC(C)(C)OC(=O)CCCC1(C(=O)NO)CC1c1ccccc1. The summed E-state index contributed by atoms with van der Waals surface area (Å²) in [5.74, 6) is -0.529. The molecule has 0 aliphatic heterocycles. The van der Waals surface area contributed by atoms with Gasteiger partial charge in [-0.1, -0.05) is 30.3 Å². The van der Waals surface area contributed by atoms with Crippen LogP contribution in [0.5, 0.6) is 0 Å². The summed E-state index contributed by atoms with van der Waals surface area (Å²) >= 11 is 0. The Hall–Kier alpha value is -1.88. The lowest BCUT2D eigenvalue weighted by Crippen LogP contribution is -2.31. The van der Waals surface area contributed by atoms with Gasteiger partial charge in [0.1, 0.15) is 5.60 Å². The average molecular weight is 319 g/mol. The minimum Gasteiger partial charge on any atom is -0.460 e. The average Bonchev–Trinajstić information content (AvgIpc) is 3.21. The summed E-state index contributed by atoms with van der Waals surface area (Å²) in [6.07, 6.45) is 2.08. The minimum atomic E-state index is -0.613. The molecule has 1 aromatic rings. The molecule has 1 amide bonds. The Kier molecular flexibility index (Phi) is 5.09. The lowest BCUT2D eigenvalue weighted by molar-refractivity contribution is -0.155. The van der Waals surface area contributed by atoms with Gasteiger partial charge in [-0.25, -0.2) is 5.48 Å². The molecule has 2 unspecified atom stereocenters. The first-order chi connectivity index (χ1) is 10.8. The molecule has 0 heterocycles. The zero-order valence-corrected chi connectivity index (χ0v) is 14.0. The van der Waals surface area contributed by atoms with Gasteiger partial charge in [-0.3, -0.25) is 14.8 Å². The van der Waals surface area contributed by atoms with Gasteiger partial charge in [0, 0.05) is 6.42 Å². The Morgan fingerprint density at radius 1 is 1.30 bits per heavy atom. The molecule has 1 saturated carbocycles. The first-order valence-electron chi connectivity index (χ1n) is 8.00. The second-order valence-corrected chi connectivity index (χ2v) is 7.20. The second-order valence-electron chi connectivity index (χ2n) is 7.20. The van der Waals surface area contributed by atoms with E-state index >= 15 is 0 Å². The molecule has 2 N–H and O–H groups in total. The van der Waals surface area contributed by atoms with E-state index in [1.165, 1.54) is 0 Å². The standard InChI is InChI=1S/C18H25NO4/c1-17(2,3)23-15(20)10-7-11-18(16(21)19-22)12-14(18)13-8-5-4-6-9-13/h4-6,8-9,14,22H,7,10-12H2,1-3H3,(H,19,21). The molecule has 0 spiro atoms. The predicted octanol–water partition coefficient (Wildman–Crippen LogP) is 3.18. The summed E-state index contributed by atoms with van der Waals surface area (Å²) in [6, 6.07) is 9.80. The third-order valence-electron chi connectivity index (χ3n) is 4.25. The Labute approximate surface area is 137 Å². The molecule has 5 nitrogen and oxygen atoms in total. The Morgan fingerprint density at radius 2 is 1.96 bits per heavy atom. The number of benzene rings is 1. The van der Waals surface area contributed by atoms with Crippen molar-refractivity contribution in [1.29, 1.82) is 0 Å². The fourth-order valence-corrected chi connectivity index (χ4v) is 3.12. The molecular weight excluding hydrogens is 294 g/mol. The molecule has 2 atom stereocenters. The molecule has 1 aromatic carbocycles. The molecule has 0 radical (unpaired) electrons. The van der Waals surface area contributed by atoms with Crippen molar-refractivity contribution >= 4 is 11.9 Å². The van der Waals surface area contributed by atoms with E-state index in [4.69, 9.17) is 9.94 Å². The van der Waals surface area contributed by atoms with E-state index in [-0.39, 0.29) is 24.2 Å². The van der Waals surface area contributed by atoms with E-state index in [0.717, 1.165) is 5.56 Å². The fourth-order valence-electron chi connectivity index (χ4n) is 3.12. The van der Waals surface area contributed by atoms with Crippen LogP contribution in [0.4, 0.5) is 0 Å². The highest BCUT2D eigenvalue weighted by Crippen LogP contribution is 2.62. The van der Waals surface area contributed by atoms with Crippen molar-refractivity contribution in [2.45, 2.75) is 58.0 Å². The van der Waals surface area contributed by atoms with E-state index in [2.05, 4.69) is 0 Å². The molecule has 5 heteroatoms. The lowest BCUT2D eigenvalue weighted by Gasteiger charge is -2.20. The molecule has 126 valence electrons. The number of hydroxylamine groups is 1. The summed E-state index contributed by atoms with van der Waals surface area (Å²) in [4.78, 5) is 23.9. The van der Waals surface area contributed by atoms with Crippen molar-refractivity contribution in [2.75, 3.05) is 0 Å². The largest absolute Gasteiger partial charge is 0.460 e. The van der Waals surface area contributed by atoms with Crippen LogP contribution in [0.3, 0.4) is 0 Å². The fraction of sp³-hybridized carbons (Fsp3) is 0.556. The lowest BCUT2D eigenvalue weighted by atomic mass is 9.92. The van der Waals surface area contributed by atoms with Crippen molar-refractivity contribution < 1.29 is 19.5 Å². The number of esters is 1. The summed E-state index contributed by atoms with van der Waals surface area (Å²) in [5.41, 5.74) is 1.77. The van der Waals surface area contributed by atoms with Crippen LogP contribution in [0.2, 0.25) is 0 Å². The number of ether oxygens (including phenoxy) is 1. The smallest absolute Gasteiger partial charge is 0.306 e. The van der Waals surface area contributed by atoms with Gasteiger partial charge in [0.15, 0.2) is 0 Å². The maximum Gasteiger partial charge on any atom is 0.306 e. The number of hydrogen-bond donors (Lipinski definition) is 2. The molecule has 23 heavy (non-hydrogen) atoms. The van der Waals surface area contributed by atoms with Crippen LogP contribution < -0.4 is 5.48 Å². The van der Waals surface area contributed by atoms with Crippen molar-refractivity contribution in [3.8, 4) is 0 Å². The van der Waals surface area contributed by atoms with Crippen molar-refractivity contribution in [2.24, 2.45) is 5.41 Å². The first-order valence-corrected chi connectivity index (χ1v) is 8.00. The van der Waals surface area contributed by atoms with Crippen molar-refractivity contribution in [3.63, 3.8) is 0 Å². The molecule has 0 bridgehead atoms. The maximum atomic E-state index is 12.1. The minimum absolute atomic E-state index is 0.0921. The van der Waals surface area contributed by atoms with Crippen LogP contribution in [0, 0.1) is 5.41 Å². The summed E-state index contributed by atoms with van der Waals surface area (Å²) in [7, 11) is 0. The Balaban J connectivity index is 1.94. The quantitative estimate of drug-likeness (QED) is 0.480. The molecule has 1 fully saturated rings. The number of rotatable bonds is 6. The number of carbonyl (C=O) groups is 2. The predicted molar refractivity (Wildman–Crippen MR) is 85.9 cm³/mol. The van der Waals surface area contributed by atoms with Crippen molar-refractivity contribution in [3.05, 3.63) is 35.9 Å². The summed E-state index contributed by atoms with van der Waals surface area (Å²) in [6.45, 7) is 5.49. The highest BCUT2D eigenvalue weighted by atomic mass is 16.6. The van der Waals surface area contributed by atoms with E-state index in [1.807, 2.05) is 51.1 Å². The normalized spacial score (nSPS) is 23.2. The van der Waals surface area contributed by atoms with E-state index in [0.29, 0.717) is 19.3 Å². The molecular formula is C18H25NO4. The number of nitrogens with one attached hydrogen (secondary N) is 1. The topological polar surface area (TPSA) is 75.6 Å². The van der Waals surface area contributed by atoms with Crippen LogP contribution in [0.15, 0.2) is 30.3 Å². The molecule has 1 aliphatic carbocycles.